The molecule has 0 fully saturated rings. The van der Waals surface area contributed by atoms with Gasteiger partial charge in [-0.15, -0.1) is 0 Å². The number of nitrogens with zero attached hydrogens (tertiary/aromatic N) is 2. The van der Waals surface area contributed by atoms with Crippen molar-refractivity contribution in [1.29, 1.82) is 0 Å². The first kappa shape index (κ1) is 17.5. The molecule has 1 aliphatic carbocycles. The van der Waals surface area contributed by atoms with Gasteiger partial charge in [0, 0.05) is 25.8 Å². The van der Waals surface area contributed by atoms with Crippen molar-refractivity contribution in [2.45, 2.75) is 32.1 Å². The van der Waals surface area contributed by atoms with Gasteiger partial charge in [0.1, 0.15) is 5.82 Å². The average Bonchev–Trinajstić information content (AvgIpc) is 2.56. The maximum atomic E-state index is 12.1. The molecule has 1 aliphatic rings. The van der Waals surface area contributed by atoms with Crippen LogP contribution in [0.25, 0.3) is 0 Å². The highest BCUT2D eigenvalue weighted by atomic mass is 16.1. The van der Waals surface area contributed by atoms with Crippen LogP contribution in [0.4, 0.5) is 5.82 Å². The second kappa shape index (κ2) is 9.30. The molecule has 23 heavy (non-hydrogen) atoms. The third-order valence-electron chi connectivity index (χ3n) is 4.01. The van der Waals surface area contributed by atoms with Gasteiger partial charge in [0.25, 0.3) is 5.91 Å². The molecule has 1 aromatic heterocycles. The minimum Gasteiger partial charge on any atom is -0.369 e. The van der Waals surface area contributed by atoms with E-state index in [0.29, 0.717) is 12.1 Å². The van der Waals surface area contributed by atoms with Crippen LogP contribution in [0.1, 0.15) is 42.5 Å². The zero-order chi connectivity index (χ0) is 16.5. The topological polar surface area (TPSA) is 57.3 Å². The van der Waals surface area contributed by atoms with Gasteiger partial charge < -0.3 is 15.5 Å². The van der Waals surface area contributed by atoms with Gasteiger partial charge in [0.05, 0.1) is 5.56 Å². The van der Waals surface area contributed by atoms with Crippen LogP contribution in [0, 0.1) is 0 Å². The van der Waals surface area contributed by atoms with Crippen molar-refractivity contribution in [3.8, 4) is 0 Å². The number of pyridine rings is 1. The molecule has 0 aromatic carbocycles. The van der Waals surface area contributed by atoms with E-state index in [9.17, 15) is 4.79 Å². The van der Waals surface area contributed by atoms with Gasteiger partial charge in [-0.05, 0) is 58.3 Å². The molecular weight excluding hydrogens is 288 g/mol. The summed E-state index contributed by atoms with van der Waals surface area (Å²) in [6.07, 6.45) is 9.88. The predicted molar refractivity (Wildman–Crippen MR) is 94.8 cm³/mol. The molecule has 0 saturated heterocycles. The van der Waals surface area contributed by atoms with E-state index in [0.717, 1.165) is 25.3 Å². The van der Waals surface area contributed by atoms with Crippen molar-refractivity contribution >= 4 is 11.7 Å². The van der Waals surface area contributed by atoms with Gasteiger partial charge in [0.2, 0.25) is 0 Å². The van der Waals surface area contributed by atoms with E-state index < -0.39 is 0 Å². The normalized spacial score (nSPS) is 14.5. The largest absolute Gasteiger partial charge is 0.369 e. The van der Waals surface area contributed by atoms with Crippen LogP contribution >= 0.6 is 0 Å². The lowest BCUT2D eigenvalue weighted by Gasteiger charge is -2.13. The van der Waals surface area contributed by atoms with Crippen molar-refractivity contribution in [1.82, 2.24) is 15.2 Å². The third-order valence-corrected chi connectivity index (χ3v) is 4.01. The molecule has 2 rings (SSSR count). The minimum atomic E-state index is -0.0475. The second-order valence-corrected chi connectivity index (χ2v) is 6.28. The fraction of sp³-hybridized carbons (Fsp3) is 0.556. The highest BCUT2D eigenvalue weighted by Crippen LogP contribution is 2.19. The standard InChI is InChI=1S/C18H28N4O/c1-22(2)13-12-19-17-9-8-16(14-21-17)18(23)20-11-10-15-6-4-3-5-7-15/h6,8-9,14H,3-5,7,10-13H2,1-2H3,(H,19,21)(H,20,23). The fourth-order valence-electron chi connectivity index (χ4n) is 2.61. The Balaban J connectivity index is 1.72. The number of hydrogen-bond acceptors (Lipinski definition) is 4. The molecule has 0 aliphatic heterocycles. The van der Waals surface area contributed by atoms with Crippen LogP contribution in [0.3, 0.4) is 0 Å². The number of rotatable bonds is 8. The molecule has 0 unspecified atom stereocenters. The number of anilines is 1. The van der Waals surface area contributed by atoms with E-state index in [1.165, 1.54) is 31.3 Å². The van der Waals surface area contributed by atoms with Gasteiger partial charge >= 0.3 is 0 Å². The second-order valence-electron chi connectivity index (χ2n) is 6.28. The summed E-state index contributed by atoms with van der Waals surface area (Å²) >= 11 is 0. The van der Waals surface area contributed by atoms with Crippen LogP contribution in [-0.2, 0) is 0 Å². The van der Waals surface area contributed by atoms with Crippen LogP contribution in [0.2, 0.25) is 0 Å². The summed E-state index contributed by atoms with van der Waals surface area (Å²) in [5.41, 5.74) is 2.09. The summed E-state index contributed by atoms with van der Waals surface area (Å²) in [4.78, 5) is 18.5. The van der Waals surface area contributed by atoms with E-state index >= 15 is 0 Å². The Hall–Kier alpha value is -1.88. The van der Waals surface area contributed by atoms with Gasteiger partial charge in [0.15, 0.2) is 0 Å². The molecule has 1 heterocycles. The number of aromatic nitrogens is 1. The SMILES string of the molecule is CN(C)CCNc1ccc(C(=O)NCCC2=CCCCC2)cn1. The summed E-state index contributed by atoms with van der Waals surface area (Å²) in [5, 5.41) is 6.21. The van der Waals surface area contributed by atoms with Crippen LogP contribution < -0.4 is 10.6 Å². The summed E-state index contributed by atoms with van der Waals surface area (Å²) in [5.74, 6) is 0.754. The van der Waals surface area contributed by atoms with Crippen molar-refractivity contribution in [2.75, 3.05) is 39.0 Å². The summed E-state index contributed by atoms with van der Waals surface area (Å²) < 4.78 is 0. The molecule has 0 saturated carbocycles. The quantitative estimate of drug-likeness (QED) is 0.724. The van der Waals surface area contributed by atoms with Crippen LogP contribution in [0.5, 0.6) is 0 Å². The van der Waals surface area contributed by atoms with E-state index in [4.69, 9.17) is 0 Å². The average molecular weight is 316 g/mol. The lowest BCUT2D eigenvalue weighted by molar-refractivity contribution is 0.0953. The fourth-order valence-corrected chi connectivity index (χ4v) is 2.61. The third kappa shape index (κ3) is 6.40. The van der Waals surface area contributed by atoms with Crippen molar-refractivity contribution in [3.63, 3.8) is 0 Å². The van der Waals surface area contributed by atoms with Crippen molar-refractivity contribution < 1.29 is 4.79 Å². The molecule has 0 radical (unpaired) electrons. The maximum absolute atomic E-state index is 12.1. The lowest BCUT2D eigenvalue weighted by Crippen LogP contribution is -2.25. The molecule has 2 N–H and O–H groups in total. The Bertz CT molecular complexity index is 522. The molecule has 5 heteroatoms. The number of nitrogens with one attached hydrogen (secondary N) is 2. The number of carbonyl (C=O) groups excluding carboxylic acids is 1. The summed E-state index contributed by atoms with van der Waals surface area (Å²) in [7, 11) is 4.07. The molecule has 5 nitrogen and oxygen atoms in total. The monoisotopic (exact) mass is 316 g/mol. The Morgan fingerprint density at radius 3 is 2.78 bits per heavy atom. The van der Waals surface area contributed by atoms with Gasteiger partial charge in [-0.25, -0.2) is 4.98 Å². The Labute approximate surface area is 139 Å². The van der Waals surface area contributed by atoms with Gasteiger partial charge in [-0.3, -0.25) is 4.79 Å². The van der Waals surface area contributed by atoms with Crippen LogP contribution in [-0.4, -0.2) is 49.5 Å². The van der Waals surface area contributed by atoms with E-state index in [2.05, 4.69) is 26.6 Å². The van der Waals surface area contributed by atoms with Gasteiger partial charge in [-0.1, -0.05) is 11.6 Å². The van der Waals surface area contributed by atoms with Gasteiger partial charge in [-0.2, -0.15) is 0 Å². The Morgan fingerprint density at radius 2 is 2.13 bits per heavy atom. The van der Waals surface area contributed by atoms with E-state index in [1.807, 2.05) is 26.2 Å². The number of hydrogen-bond donors (Lipinski definition) is 2. The number of allylic oxidation sites excluding steroid dienone is 1. The zero-order valence-corrected chi connectivity index (χ0v) is 14.3. The summed E-state index contributed by atoms with van der Waals surface area (Å²) in [6, 6.07) is 3.68. The van der Waals surface area contributed by atoms with Crippen molar-refractivity contribution in [2.24, 2.45) is 0 Å². The predicted octanol–water partition coefficient (Wildman–Crippen LogP) is 2.68. The number of amides is 1. The first-order valence-corrected chi connectivity index (χ1v) is 8.46. The maximum Gasteiger partial charge on any atom is 0.252 e. The van der Waals surface area contributed by atoms with E-state index in [1.54, 1.807) is 6.20 Å². The number of carbonyl (C=O) groups is 1. The molecular formula is C18H28N4O. The van der Waals surface area contributed by atoms with Crippen molar-refractivity contribution in [3.05, 3.63) is 35.5 Å². The van der Waals surface area contributed by atoms with E-state index in [-0.39, 0.29) is 5.91 Å². The smallest absolute Gasteiger partial charge is 0.252 e. The minimum absolute atomic E-state index is 0.0475. The Morgan fingerprint density at radius 1 is 1.26 bits per heavy atom. The Kier molecular flexibility index (Phi) is 7.07. The first-order valence-electron chi connectivity index (χ1n) is 8.46. The van der Waals surface area contributed by atoms with Crippen LogP contribution in [0.15, 0.2) is 30.0 Å². The highest BCUT2D eigenvalue weighted by molar-refractivity contribution is 5.94. The molecule has 0 atom stereocenters. The first-order chi connectivity index (χ1) is 11.1. The highest BCUT2D eigenvalue weighted by Gasteiger charge is 2.07. The molecule has 1 amide bonds. The molecule has 0 spiro atoms. The lowest BCUT2D eigenvalue weighted by atomic mass is 9.97. The molecule has 126 valence electrons. The summed E-state index contributed by atoms with van der Waals surface area (Å²) in [6.45, 7) is 2.48. The molecule has 1 aromatic rings. The zero-order valence-electron chi connectivity index (χ0n) is 14.3. The molecule has 0 bridgehead atoms. The number of likely N-dealkylation sites (N-methyl/N-ethyl adjacent to an activating group) is 1.